The predicted molar refractivity (Wildman–Crippen MR) is 140 cm³/mol. The van der Waals surface area contributed by atoms with Crippen molar-refractivity contribution in [3.63, 3.8) is 0 Å². The Balaban J connectivity index is 1.57. The van der Waals surface area contributed by atoms with Gasteiger partial charge in [-0.2, -0.15) is 0 Å². The van der Waals surface area contributed by atoms with Crippen molar-refractivity contribution < 1.29 is 4.79 Å². The van der Waals surface area contributed by atoms with E-state index in [-0.39, 0.29) is 5.91 Å². The summed E-state index contributed by atoms with van der Waals surface area (Å²) in [6, 6.07) is 10.9. The lowest BCUT2D eigenvalue weighted by molar-refractivity contribution is 0.102. The van der Waals surface area contributed by atoms with E-state index in [1.54, 1.807) is 30.0 Å². The Bertz CT molecular complexity index is 983. The van der Waals surface area contributed by atoms with E-state index in [2.05, 4.69) is 52.2 Å². The Morgan fingerprint density at radius 3 is 2.65 bits per heavy atom. The first-order chi connectivity index (χ1) is 16.4. The highest BCUT2D eigenvalue weighted by atomic mass is 16.1. The highest BCUT2D eigenvalue weighted by molar-refractivity contribution is 6.04. The van der Waals surface area contributed by atoms with Gasteiger partial charge in [-0.1, -0.05) is 36.4 Å². The molecule has 0 radical (unpaired) electrons. The van der Waals surface area contributed by atoms with Crippen LogP contribution in [0.4, 0.5) is 11.4 Å². The van der Waals surface area contributed by atoms with Crippen LogP contribution >= 0.6 is 0 Å². The van der Waals surface area contributed by atoms with Gasteiger partial charge in [-0.15, -0.1) is 0 Å². The Hall–Kier alpha value is -3.32. The number of nitrogens with two attached hydrogens (primary N) is 1. The molecule has 0 saturated carbocycles. The van der Waals surface area contributed by atoms with Crippen molar-refractivity contribution in [3.05, 3.63) is 77.9 Å². The van der Waals surface area contributed by atoms with E-state index in [9.17, 15) is 4.79 Å². The summed E-state index contributed by atoms with van der Waals surface area (Å²) in [5, 5.41) is 6.33. The zero-order valence-electron chi connectivity index (χ0n) is 20.5. The molecule has 1 aliphatic rings. The average Bonchev–Trinajstić information content (AvgIpc) is 2.84. The van der Waals surface area contributed by atoms with Crippen LogP contribution in [0.5, 0.6) is 0 Å². The maximum Gasteiger partial charge on any atom is 0.274 e. The number of hydrogen-bond donors (Lipinski definition) is 3. The van der Waals surface area contributed by atoms with Gasteiger partial charge in [0.1, 0.15) is 5.69 Å². The third-order valence-corrected chi connectivity index (χ3v) is 6.00. The van der Waals surface area contributed by atoms with E-state index in [0.717, 1.165) is 37.4 Å². The first-order valence-corrected chi connectivity index (χ1v) is 12.0. The minimum atomic E-state index is -0.281. The monoisotopic (exact) mass is 462 g/mol. The number of benzene rings is 1. The fourth-order valence-electron chi connectivity index (χ4n) is 3.91. The number of carbonyl (C=O) groups is 1. The number of allylic oxidation sites excluding steroid dienone is 1. The van der Waals surface area contributed by atoms with Crippen LogP contribution in [0.2, 0.25) is 0 Å². The summed E-state index contributed by atoms with van der Waals surface area (Å²) in [5.74, 6) is 0.636. The second-order valence-electron chi connectivity index (χ2n) is 9.05. The summed E-state index contributed by atoms with van der Waals surface area (Å²) in [7, 11) is 4.14. The molecule has 1 aliphatic carbocycles. The van der Waals surface area contributed by atoms with Gasteiger partial charge < -0.3 is 26.2 Å². The highest BCUT2D eigenvalue weighted by Crippen LogP contribution is 2.20. The Morgan fingerprint density at radius 2 is 1.97 bits per heavy atom. The van der Waals surface area contributed by atoms with Gasteiger partial charge in [-0.05, 0) is 70.0 Å². The molecule has 2 aromatic rings. The molecule has 0 atom stereocenters. The molecule has 0 fully saturated rings. The molecular formula is C27H38N6O. The quantitative estimate of drug-likeness (QED) is 0.323. The molecule has 0 saturated heterocycles. The molecule has 1 aromatic heterocycles. The summed E-state index contributed by atoms with van der Waals surface area (Å²) in [6.07, 6.45) is 10.3. The Morgan fingerprint density at radius 1 is 1.15 bits per heavy atom. The van der Waals surface area contributed by atoms with Gasteiger partial charge in [0.15, 0.2) is 0 Å². The SMILES string of the molecule is C=C(NCCC1=CCCCC1)N(CCN(C)C)Cc1ccc(C(=O)Nc2ccccc2N)nc1. The molecule has 7 heteroatoms. The van der Waals surface area contributed by atoms with Crippen LogP contribution in [0.1, 0.15) is 48.2 Å². The minimum Gasteiger partial charge on any atom is -0.397 e. The molecule has 1 aromatic carbocycles. The van der Waals surface area contributed by atoms with E-state index < -0.39 is 0 Å². The maximum absolute atomic E-state index is 12.6. The second kappa shape index (κ2) is 12.8. The fourth-order valence-corrected chi connectivity index (χ4v) is 3.91. The molecule has 0 bridgehead atoms. The molecule has 0 spiro atoms. The van der Waals surface area contributed by atoms with Gasteiger partial charge in [-0.3, -0.25) is 9.78 Å². The third kappa shape index (κ3) is 7.92. The molecule has 4 N–H and O–H groups in total. The zero-order chi connectivity index (χ0) is 24.3. The normalized spacial score (nSPS) is 13.3. The van der Waals surface area contributed by atoms with Crippen molar-refractivity contribution >= 4 is 17.3 Å². The number of anilines is 2. The molecule has 182 valence electrons. The standard InChI is InChI=1S/C27H38N6O/c1-21(29-16-15-22-9-5-4-6-10-22)33(18-17-32(2)3)20-23-13-14-26(30-19-23)27(34)31-25-12-8-7-11-24(25)28/h7-9,11-14,19,29H,1,4-6,10,15-18,20,28H2,2-3H3,(H,31,34). The number of likely N-dealkylation sites (N-methyl/N-ethyl adjacent to an activating group) is 1. The lowest BCUT2D eigenvalue weighted by Gasteiger charge is -2.29. The van der Waals surface area contributed by atoms with Crippen molar-refractivity contribution in [2.24, 2.45) is 0 Å². The van der Waals surface area contributed by atoms with Crippen LogP contribution in [0.3, 0.4) is 0 Å². The average molecular weight is 463 g/mol. The lowest BCUT2D eigenvalue weighted by atomic mass is 9.97. The van der Waals surface area contributed by atoms with Crippen molar-refractivity contribution in [3.8, 4) is 0 Å². The number of aromatic nitrogens is 1. The van der Waals surface area contributed by atoms with Gasteiger partial charge >= 0.3 is 0 Å². The van der Waals surface area contributed by atoms with Gasteiger partial charge in [0.2, 0.25) is 0 Å². The van der Waals surface area contributed by atoms with Crippen molar-refractivity contribution in [2.45, 2.75) is 38.6 Å². The van der Waals surface area contributed by atoms with Crippen LogP contribution in [0.15, 0.2) is 66.6 Å². The minimum absolute atomic E-state index is 0.281. The molecule has 0 unspecified atom stereocenters. The number of pyridine rings is 1. The topological polar surface area (TPSA) is 86.5 Å². The number of amides is 1. The lowest BCUT2D eigenvalue weighted by Crippen LogP contribution is -2.36. The first kappa shape index (κ1) is 25.3. The van der Waals surface area contributed by atoms with Crippen molar-refractivity contribution in [2.75, 3.05) is 44.8 Å². The first-order valence-electron chi connectivity index (χ1n) is 12.0. The number of carbonyl (C=O) groups excluding carboxylic acids is 1. The van der Waals surface area contributed by atoms with Crippen LogP contribution in [-0.4, -0.2) is 54.4 Å². The molecule has 1 heterocycles. The van der Waals surface area contributed by atoms with Crippen molar-refractivity contribution in [1.29, 1.82) is 0 Å². The predicted octanol–water partition coefficient (Wildman–Crippen LogP) is 4.23. The smallest absolute Gasteiger partial charge is 0.274 e. The zero-order valence-corrected chi connectivity index (χ0v) is 20.5. The maximum atomic E-state index is 12.6. The second-order valence-corrected chi connectivity index (χ2v) is 9.05. The van der Waals surface area contributed by atoms with E-state index >= 15 is 0 Å². The largest absolute Gasteiger partial charge is 0.397 e. The summed E-state index contributed by atoms with van der Waals surface area (Å²) in [6.45, 7) is 7.61. The number of hydrogen-bond acceptors (Lipinski definition) is 6. The van der Waals surface area contributed by atoms with E-state index in [4.69, 9.17) is 5.73 Å². The molecule has 0 aliphatic heterocycles. The molecule has 7 nitrogen and oxygen atoms in total. The number of rotatable bonds is 12. The molecular weight excluding hydrogens is 424 g/mol. The van der Waals surface area contributed by atoms with Crippen LogP contribution in [0, 0.1) is 0 Å². The summed E-state index contributed by atoms with van der Waals surface area (Å²) >= 11 is 0. The Kier molecular flexibility index (Phi) is 9.52. The summed E-state index contributed by atoms with van der Waals surface area (Å²) in [5.41, 5.74) is 9.95. The van der Waals surface area contributed by atoms with Gasteiger partial charge in [0.05, 0.1) is 17.2 Å². The molecule has 1 amide bonds. The van der Waals surface area contributed by atoms with Gasteiger partial charge in [0.25, 0.3) is 5.91 Å². The van der Waals surface area contributed by atoms with E-state index in [0.29, 0.717) is 23.6 Å². The van der Waals surface area contributed by atoms with Gasteiger partial charge in [0, 0.05) is 32.4 Å². The molecule has 34 heavy (non-hydrogen) atoms. The third-order valence-electron chi connectivity index (χ3n) is 6.00. The van der Waals surface area contributed by atoms with Crippen LogP contribution in [-0.2, 0) is 6.54 Å². The number of nitrogens with one attached hydrogen (secondary N) is 2. The summed E-state index contributed by atoms with van der Waals surface area (Å²) in [4.78, 5) is 21.3. The number of para-hydroxylation sites is 2. The van der Waals surface area contributed by atoms with Crippen molar-refractivity contribution in [1.82, 2.24) is 20.1 Å². The fraction of sp³-hybridized carbons (Fsp3) is 0.407. The summed E-state index contributed by atoms with van der Waals surface area (Å²) < 4.78 is 0. The van der Waals surface area contributed by atoms with E-state index in [1.165, 1.54) is 25.7 Å². The van der Waals surface area contributed by atoms with E-state index in [1.807, 2.05) is 18.2 Å². The van der Waals surface area contributed by atoms with Crippen LogP contribution in [0.25, 0.3) is 0 Å². The highest BCUT2D eigenvalue weighted by Gasteiger charge is 2.13. The number of nitrogens with zero attached hydrogens (tertiary/aromatic N) is 3. The van der Waals surface area contributed by atoms with Crippen LogP contribution < -0.4 is 16.4 Å². The van der Waals surface area contributed by atoms with Gasteiger partial charge in [-0.25, -0.2) is 0 Å². The molecule has 3 rings (SSSR count). The number of nitrogen functional groups attached to an aromatic ring is 1. The Labute approximate surface area is 203 Å².